The lowest BCUT2D eigenvalue weighted by molar-refractivity contribution is 0.442. The molecule has 2 rings (SSSR count). The molecule has 120 valence electrons. The number of aromatic amines is 1. The maximum absolute atomic E-state index is 12.3. The fraction of sp³-hybridized carbons (Fsp3) is 0.529. The Hall–Kier alpha value is -2.13. The first-order chi connectivity index (χ1) is 10.1. The van der Waals surface area contributed by atoms with Gasteiger partial charge in [-0.25, -0.2) is 0 Å². The minimum Gasteiger partial charge on any atom is -0.363 e. The summed E-state index contributed by atoms with van der Waals surface area (Å²) in [5.74, 6) is 0.792. The molecule has 0 fully saturated rings. The van der Waals surface area contributed by atoms with Crippen LogP contribution in [0.1, 0.15) is 33.3 Å². The van der Waals surface area contributed by atoms with Crippen molar-refractivity contribution in [3.8, 4) is 0 Å². The fourth-order valence-electron chi connectivity index (χ4n) is 2.91. The number of H-pyrrole nitrogens is 1. The van der Waals surface area contributed by atoms with E-state index in [9.17, 15) is 4.79 Å². The lowest BCUT2D eigenvalue weighted by Crippen LogP contribution is -2.18. The lowest BCUT2D eigenvalue weighted by atomic mass is 9.84. The Morgan fingerprint density at radius 2 is 1.82 bits per heavy atom. The molecule has 0 bridgehead atoms. The van der Waals surface area contributed by atoms with Crippen molar-refractivity contribution in [1.29, 1.82) is 0 Å². The highest BCUT2D eigenvalue weighted by Gasteiger charge is 2.36. The molecule has 0 atom stereocenters. The van der Waals surface area contributed by atoms with Gasteiger partial charge in [0.05, 0.1) is 11.3 Å². The number of aromatic nitrogens is 2. The van der Waals surface area contributed by atoms with Crippen LogP contribution in [-0.2, 0) is 7.05 Å². The van der Waals surface area contributed by atoms with Crippen LogP contribution in [0.2, 0.25) is 0 Å². The van der Waals surface area contributed by atoms with E-state index >= 15 is 0 Å². The van der Waals surface area contributed by atoms with Gasteiger partial charge < -0.3 is 9.80 Å². The zero-order valence-corrected chi connectivity index (χ0v) is 14.8. The fourth-order valence-corrected chi connectivity index (χ4v) is 2.91. The molecule has 1 aliphatic heterocycles. The van der Waals surface area contributed by atoms with Crippen LogP contribution < -0.4 is 10.5 Å². The Balaban J connectivity index is 2.61. The molecule has 1 aromatic heterocycles. The average Bonchev–Trinajstić information content (AvgIpc) is 2.79. The number of allylic oxidation sites excluding steroid dienone is 2. The number of rotatable bonds is 2. The molecule has 22 heavy (non-hydrogen) atoms. The van der Waals surface area contributed by atoms with Gasteiger partial charge in [-0.2, -0.15) is 0 Å². The summed E-state index contributed by atoms with van der Waals surface area (Å²) in [4.78, 5) is 16.3. The first-order valence-corrected chi connectivity index (χ1v) is 7.44. The molecule has 1 aliphatic rings. The number of aryl methyl sites for hydroxylation is 1. The second-order valence-electron chi connectivity index (χ2n) is 6.66. The monoisotopic (exact) mass is 302 g/mol. The molecule has 5 heteroatoms. The summed E-state index contributed by atoms with van der Waals surface area (Å²) in [7, 11) is 7.60. The molecule has 0 saturated carbocycles. The third-order valence-electron chi connectivity index (χ3n) is 4.77. The smallest absolute Gasteiger partial charge is 0.276 e. The van der Waals surface area contributed by atoms with E-state index in [4.69, 9.17) is 0 Å². The predicted octanol–water partition coefficient (Wildman–Crippen LogP) is 2.54. The first kappa shape index (κ1) is 16.2. The van der Waals surface area contributed by atoms with E-state index < -0.39 is 0 Å². The van der Waals surface area contributed by atoms with Gasteiger partial charge in [-0.1, -0.05) is 5.73 Å². The Bertz CT molecular complexity index is 752. The molecule has 0 amide bonds. The lowest BCUT2D eigenvalue weighted by Gasteiger charge is -2.23. The Morgan fingerprint density at radius 3 is 2.27 bits per heavy atom. The largest absolute Gasteiger partial charge is 0.363 e. The summed E-state index contributed by atoms with van der Waals surface area (Å²) in [5.41, 5.74) is 7.54. The van der Waals surface area contributed by atoms with Gasteiger partial charge >= 0.3 is 0 Å². The zero-order valence-electron chi connectivity index (χ0n) is 14.8. The van der Waals surface area contributed by atoms with E-state index in [2.05, 4.69) is 43.4 Å². The summed E-state index contributed by atoms with van der Waals surface area (Å²) in [5, 5.41) is 3.06. The van der Waals surface area contributed by atoms with Crippen molar-refractivity contribution in [2.24, 2.45) is 12.5 Å². The van der Waals surface area contributed by atoms with Gasteiger partial charge in [-0.3, -0.25) is 14.6 Å². The summed E-state index contributed by atoms with van der Waals surface area (Å²) in [6.45, 7) is 8.65. The molecule has 0 radical (unpaired) electrons. The van der Waals surface area contributed by atoms with Crippen molar-refractivity contribution >= 4 is 11.9 Å². The Labute approximate surface area is 132 Å². The predicted molar refractivity (Wildman–Crippen MR) is 91.8 cm³/mol. The van der Waals surface area contributed by atoms with E-state index in [-0.39, 0.29) is 11.0 Å². The van der Waals surface area contributed by atoms with Crippen LogP contribution in [0.15, 0.2) is 27.5 Å². The molecule has 1 aromatic rings. The second kappa shape index (κ2) is 5.25. The van der Waals surface area contributed by atoms with Gasteiger partial charge in [-0.15, -0.1) is 0 Å². The molecule has 0 spiro atoms. The molecule has 5 nitrogen and oxygen atoms in total. The summed E-state index contributed by atoms with van der Waals surface area (Å²) >= 11 is 0. The standard InChI is InChI=1S/C17H26N4O/c1-11-12(2)20(7)14(17(11,3)4)10-9-13-15(19(5)6)18-21(8)16(13)22/h9,18H,1-8H3. The highest BCUT2D eigenvalue weighted by molar-refractivity contribution is 5.63. The molecular weight excluding hydrogens is 276 g/mol. The van der Waals surface area contributed by atoms with Crippen molar-refractivity contribution in [2.45, 2.75) is 27.7 Å². The van der Waals surface area contributed by atoms with Crippen LogP contribution in [-0.4, -0.2) is 35.8 Å². The van der Waals surface area contributed by atoms with Crippen LogP contribution in [0.4, 0.5) is 5.82 Å². The SMILES string of the molecule is CC1=C(C)C(C)(C)C(=C=Cc2c(N(C)C)[nH]n(C)c2=O)N1C. The molecular formula is C17H26N4O. The third-order valence-corrected chi connectivity index (χ3v) is 4.77. The van der Waals surface area contributed by atoms with E-state index in [1.54, 1.807) is 13.1 Å². The van der Waals surface area contributed by atoms with E-state index in [1.807, 2.05) is 26.0 Å². The average molecular weight is 302 g/mol. The Morgan fingerprint density at radius 1 is 1.23 bits per heavy atom. The van der Waals surface area contributed by atoms with Gasteiger partial charge in [0.2, 0.25) is 0 Å². The van der Waals surface area contributed by atoms with Crippen LogP contribution in [0.3, 0.4) is 0 Å². The van der Waals surface area contributed by atoms with Crippen molar-refractivity contribution in [2.75, 3.05) is 26.0 Å². The number of nitrogens with one attached hydrogen (secondary N) is 1. The van der Waals surface area contributed by atoms with E-state index in [0.29, 0.717) is 5.56 Å². The molecule has 0 unspecified atom stereocenters. The quantitative estimate of drug-likeness (QED) is 0.854. The molecule has 0 saturated heterocycles. The van der Waals surface area contributed by atoms with Crippen molar-refractivity contribution < 1.29 is 0 Å². The first-order valence-electron chi connectivity index (χ1n) is 7.44. The van der Waals surface area contributed by atoms with Crippen molar-refractivity contribution in [3.63, 3.8) is 0 Å². The van der Waals surface area contributed by atoms with Crippen LogP contribution in [0.25, 0.3) is 6.08 Å². The van der Waals surface area contributed by atoms with Gasteiger partial charge in [0.1, 0.15) is 5.82 Å². The highest BCUT2D eigenvalue weighted by Crippen LogP contribution is 2.44. The number of hydrogen-bond acceptors (Lipinski definition) is 3. The molecule has 0 aliphatic carbocycles. The minimum absolute atomic E-state index is 0.0448. The molecule has 2 heterocycles. The molecule has 1 N–H and O–H groups in total. The van der Waals surface area contributed by atoms with Gasteiger partial charge in [0.25, 0.3) is 5.56 Å². The highest BCUT2D eigenvalue weighted by atomic mass is 16.1. The van der Waals surface area contributed by atoms with E-state index in [1.165, 1.54) is 16.0 Å². The number of anilines is 1. The van der Waals surface area contributed by atoms with Crippen molar-refractivity contribution in [1.82, 2.24) is 14.7 Å². The maximum Gasteiger partial charge on any atom is 0.276 e. The zero-order chi connectivity index (χ0) is 16.8. The third kappa shape index (κ3) is 2.32. The Kier molecular flexibility index (Phi) is 3.88. The van der Waals surface area contributed by atoms with Gasteiger partial charge in [0, 0.05) is 39.3 Å². The minimum atomic E-state index is -0.0743. The second-order valence-corrected chi connectivity index (χ2v) is 6.66. The maximum atomic E-state index is 12.3. The molecule has 0 aromatic carbocycles. The van der Waals surface area contributed by atoms with Gasteiger partial charge in [0.15, 0.2) is 0 Å². The summed E-state index contributed by atoms with van der Waals surface area (Å²) in [6.07, 6.45) is 1.80. The van der Waals surface area contributed by atoms with Gasteiger partial charge in [-0.05, 0) is 39.3 Å². The number of hydrogen-bond donors (Lipinski definition) is 1. The summed E-state index contributed by atoms with van der Waals surface area (Å²) in [6, 6.07) is 0. The topological polar surface area (TPSA) is 44.3 Å². The summed E-state index contributed by atoms with van der Waals surface area (Å²) < 4.78 is 1.49. The van der Waals surface area contributed by atoms with Crippen LogP contribution >= 0.6 is 0 Å². The van der Waals surface area contributed by atoms with Crippen LogP contribution in [0.5, 0.6) is 0 Å². The normalized spacial score (nSPS) is 17.1. The van der Waals surface area contributed by atoms with E-state index in [0.717, 1.165) is 11.5 Å². The number of nitrogens with zero attached hydrogens (tertiary/aromatic N) is 3. The van der Waals surface area contributed by atoms with Crippen molar-refractivity contribution in [3.05, 3.63) is 38.6 Å². The van der Waals surface area contributed by atoms with Crippen LogP contribution in [0, 0.1) is 5.41 Å².